The molecular weight excluding hydrogens is 458 g/mol. The molecule has 0 saturated carbocycles. The van der Waals surface area contributed by atoms with E-state index in [0.717, 1.165) is 33.9 Å². The van der Waals surface area contributed by atoms with Crippen LogP contribution in [0.15, 0.2) is 54.9 Å². The minimum Gasteiger partial charge on any atom is -0.305 e. The van der Waals surface area contributed by atoms with Crippen LogP contribution in [0.25, 0.3) is 16.2 Å². The molecule has 0 saturated heterocycles. The number of carbonyl (C=O) groups is 1. The summed E-state index contributed by atoms with van der Waals surface area (Å²) < 4.78 is 1.84. The summed E-state index contributed by atoms with van der Waals surface area (Å²) in [6, 6.07) is 15.1. The van der Waals surface area contributed by atoms with Crippen LogP contribution in [0.1, 0.15) is 39.4 Å². The van der Waals surface area contributed by atoms with Crippen molar-refractivity contribution >= 4 is 34.5 Å². The van der Waals surface area contributed by atoms with Gasteiger partial charge in [-0.1, -0.05) is 23.7 Å². The predicted octanol–water partition coefficient (Wildman–Crippen LogP) is 5.07. The van der Waals surface area contributed by atoms with Gasteiger partial charge in [0.2, 0.25) is 0 Å². The number of halogens is 1. The Labute approximate surface area is 200 Å². The number of nitrogens with zero attached hydrogens (tertiary/aromatic N) is 4. The van der Waals surface area contributed by atoms with Crippen LogP contribution in [-0.4, -0.2) is 34.3 Å². The van der Waals surface area contributed by atoms with Crippen molar-refractivity contribution in [2.75, 3.05) is 14.1 Å². The Morgan fingerprint density at radius 3 is 2.85 bits per heavy atom. The van der Waals surface area contributed by atoms with Gasteiger partial charge < -0.3 is 4.90 Å². The number of amides is 1. The number of hydroxylamine groups is 1. The van der Waals surface area contributed by atoms with Crippen LogP contribution in [0.5, 0.6) is 0 Å². The van der Waals surface area contributed by atoms with Gasteiger partial charge >= 0.3 is 0 Å². The van der Waals surface area contributed by atoms with E-state index < -0.39 is 6.10 Å². The molecule has 33 heavy (non-hydrogen) atoms. The highest BCUT2D eigenvalue weighted by Gasteiger charge is 2.17. The monoisotopic (exact) mass is 479 g/mol. The number of fused-ring (bicyclic) bond motifs is 1. The fourth-order valence-corrected chi connectivity index (χ4v) is 4.70. The second kappa shape index (κ2) is 9.73. The van der Waals surface area contributed by atoms with Gasteiger partial charge in [-0.3, -0.25) is 14.0 Å². The molecule has 9 heteroatoms. The number of imidazole rings is 1. The number of carbonyl (C=O) groups excluding carboxylic acids is 1. The van der Waals surface area contributed by atoms with Gasteiger partial charge in [0, 0.05) is 23.3 Å². The third-order valence-electron chi connectivity index (χ3n) is 5.05. The van der Waals surface area contributed by atoms with Crippen LogP contribution in [0.2, 0.25) is 5.02 Å². The Bertz CT molecular complexity index is 1350. The topological polar surface area (TPSA) is 82.7 Å². The van der Waals surface area contributed by atoms with Gasteiger partial charge in [0.25, 0.3) is 5.91 Å². The molecular formula is C24H22ClN5O2S. The second-order valence-corrected chi connectivity index (χ2v) is 9.34. The number of hydrogen-bond acceptors (Lipinski definition) is 6. The highest BCUT2D eigenvalue weighted by Crippen LogP contribution is 2.30. The van der Waals surface area contributed by atoms with Crippen LogP contribution < -0.4 is 5.48 Å². The van der Waals surface area contributed by atoms with Gasteiger partial charge in [0.05, 0.1) is 27.2 Å². The van der Waals surface area contributed by atoms with Crippen LogP contribution in [0, 0.1) is 11.3 Å². The standard InChI is InChI=1S/C24H22ClN5O2S/c1-15(18-6-4-16(10-19(18)25)13-29(2)3)32-28-24(31)22-8-7-21(33-22)20-12-27-23-9-5-17(11-26)14-30(20)23/h4-10,12,14-15H,13H2,1-3H3,(H,28,31)/t15-/m1/s1. The maximum atomic E-state index is 12.7. The lowest BCUT2D eigenvalue weighted by Gasteiger charge is -2.16. The number of rotatable bonds is 7. The highest BCUT2D eigenvalue weighted by molar-refractivity contribution is 7.17. The van der Waals surface area contributed by atoms with E-state index in [2.05, 4.69) is 21.4 Å². The smallest absolute Gasteiger partial charge is 0.284 e. The summed E-state index contributed by atoms with van der Waals surface area (Å²) in [4.78, 5) is 26.0. The summed E-state index contributed by atoms with van der Waals surface area (Å²) in [5.74, 6) is -0.343. The molecule has 7 nitrogen and oxygen atoms in total. The quantitative estimate of drug-likeness (QED) is 0.374. The fourth-order valence-electron chi connectivity index (χ4n) is 3.45. The molecule has 4 aromatic rings. The molecule has 1 N–H and O–H groups in total. The molecule has 0 aliphatic rings. The summed E-state index contributed by atoms with van der Waals surface area (Å²) in [5.41, 5.74) is 6.50. The molecule has 0 bridgehead atoms. The molecule has 0 aliphatic carbocycles. The van der Waals surface area contributed by atoms with Crippen molar-refractivity contribution in [1.82, 2.24) is 19.8 Å². The Morgan fingerprint density at radius 1 is 1.30 bits per heavy atom. The molecule has 0 fully saturated rings. The molecule has 3 aromatic heterocycles. The number of thiophene rings is 1. The van der Waals surface area contributed by atoms with Crippen LogP contribution in [0.4, 0.5) is 0 Å². The summed E-state index contributed by atoms with van der Waals surface area (Å²) in [7, 11) is 4.00. The third-order valence-corrected chi connectivity index (χ3v) is 6.48. The lowest BCUT2D eigenvalue weighted by Crippen LogP contribution is -2.24. The number of hydrogen-bond donors (Lipinski definition) is 1. The Balaban J connectivity index is 1.44. The average molecular weight is 480 g/mol. The molecule has 0 aliphatic heterocycles. The number of nitrogens with one attached hydrogen (secondary N) is 1. The largest absolute Gasteiger partial charge is 0.305 e. The van der Waals surface area contributed by atoms with Crippen molar-refractivity contribution in [3.05, 3.63) is 81.4 Å². The molecule has 1 aromatic carbocycles. The number of pyridine rings is 1. The maximum absolute atomic E-state index is 12.7. The molecule has 4 rings (SSSR count). The van der Waals surface area contributed by atoms with E-state index in [1.807, 2.05) is 49.7 Å². The lowest BCUT2D eigenvalue weighted by molar-refractivity contribution is -0.00862. The summed E-state index contributed by atoms with van der Waals surface area (Å²) >= 11 is 7.75. The SMILES string of the molecule is C[C@@H](ONC(=O)c1ccc(-c2cnc3ccc(C#N)cn23)s1)c1ccc(CN(C)C)cc1Cl. The molecule has 0 unspecified atom stereocenters. The van der Waals surface area contributed by atoms with Crippen molar-refractivity contribution in [3.8, 4) is 16.6 Å². The molecule has 0 spiro atoms. The van der Waals surface area contributed by atoms with Gasteiger partial charge in [0.1, 0.15) is 17.8 Å². The normalized spacial score (nSPS) is 12.1. The zero-order chi connectivity index (χ0) is 23.5. The first-order valence-corrected chi connectivity index (χ1v) is 11.4. The average Bonchev–Trinajstić information content (AvgIpc) is 3.43. The van der Waals surface area contributed by atoms with Gasteiger partial charge in [-0.25, -0.2) is 10.5 Å². The lowest BCUT2D eigenvalue weighted by atomic mass is 10.1. The van der Waals surface area contributed by atoms with Crippen LogP contribution in [-0.2, 0) is 11.4 Å². The van der Waals surface area contributed by atoms with Crippen molar-refractivity contribution in [2.45, 2.75) is 19.6 Å². The van der Waals surface area contributed by atoms with E-state index in [0.29, 0.717) is 15.5 Å². The molecule has 0 radical (unpaired) electrons. The predicted molar refractivity (Wildman–Crippen MR) is 129 cm³/mol. The van der Waals surface area contributed by atoms with E-state index >= 15 is 0 Å². The summed E-state index contributed by atoms with van der Waals surface area (Å²) in [5, 5.41) is 9.76. The van der Waals surface area contributed by atoms with Gasteiger partial charge in [-0.15, -0.1) is 11.3 Å². The van der Waals surface area contributed by atoms with Gasteiger partial charge in [-0.2, -0.15) is 5.26 Å². The van der Waals surface area contributed by atoms with E-state index in [4.69, 9.17) is 21.7 Å². The van der Waals surface area contributed by atoms with Crippen molar-refractivity contribution in [1.29, 1.82) is 5.26 Å². The Hall–Kier alpha value is -3.22. The minimum atomic E-state index is -0.419. The first-order valence-electron chi connectivity index (χ1n) is 10.2. The van der Waals surface area contributed by atoms with E-state index in [1.165, 1.54) is 11.3 Å². The fraction of sp³-hybridized carbons (Fsp3) is 0.208. The van der Waals surface area contributed by atoms with Crippen molar-refractivity contribution in [2.24, 2.45) is 0 Å². The van der Waals surface area contributed by atoms with Gasteiger partial charge in [-0.05, 0) is 56.9 Å². The second-order valence-electron chi connectivity index (χ2n) is 7.85. The summed E-state index contributed by atoms with van der Waals surface area (Å²) in [6.45, 7) is 2.62. The molecule has 168 valence electrons. The Kier molecular flexibility index (Phi) is 6.77. The van der Waals surface area contributed by atoms with Gasteiger partial charge in [0.15, 0.2) is 0 Å². The Morgan fingerprint density at radius 2 is 2.12 bits per heavy atom. The number of nitriles is 1. The van der Waals surface area contributed by atoms with Crippen LogP contribution >= 0.6 is 22.9 Å². The zero-order valence-corrected chi connectivity index (χ0v) is 19.9. The maximum Gasteiger partial charge on any atom is 0.284 e. The third kappa shape index (κ3) is 5.07. The zero-order valence-electron chi connectivity index (χ0n) is 18.4. The van der Waals surface area contributed by atoms with Crippen LogP contribution in [0.3, 0.4) is 0 Å². The van der Waals surface area contributed by atoms with Crippen molar-refractivity contribution in [3.63, 3.8) is 0 Å². The summed E-state index contributed by atoms with van der Waals surface area (Å²) in [6.07, 6.45) is 3.04. The van der Waals surface area contributed by atoms with E-state index in [1.54, 1.807) is 30.6 Å². The number of benzene rings is 1. The molecule has 1 amide bonds. The number of aromatic nitrogens is 2. The first-order chi connectivity index (χ1) is 15.9. The first kappa shape index (κ1) is 23.0. The van der Waals surface area contributed by atoms with E-state index in [-0.39, 0.29) is 5.91 Å². The van der Waals surface area contributed by atoms with E-state index in [9.17, 15) is 4.79 Å². The molecule has 1 atom stereocenters. The van der Waals surface area contributed by atoms with Crippen molar-refractivity contribution < 1.29 is 9.63 Å². The minimum absolute atomic E-state index is 0.343. The molecule has 3 heterocycles. The highest BCUT2D eigenvalue weighted by atomic mass is 35.5.